The van der Waals surface area contributed by atoms with E-state index in [2.05, 4.69) is 10.6 Å². The molecule has 5 nitrogen and oxygen atoms in total. The normalized spacial score (nSPS) is 15.7. The zero-order valence-corrected chi connectivity index (χ0v) is 11.1. The quantitative estimate of drug-likeness (QED) is 0.759. The van der Waals surface area contributed by atoms with Gasteiger partial charge in [0.15, 0.2) is 0 Å². The van der Waals surface area contributed by atoms with E-state index in [0.29, 0.717) is 6.42 Å². The summed E-state index contributed by atoms with van der Waals surface area (Å²) in [4.78, 5) is 24.8. The van der Waals surface area contributed by atoms with E-state index in [1.54, 1.807) is 0 Å². The highest BCUT2D eigenvalue weighted by Crippen LogP contribution is 1.95. The highest BCUT2D eigenvalue weighted by molar-refractivity contribution is 5.85. The van der Waals surface area contributed by atoms with E-state index < -0.39 is 0 Å². The lowest BCUT2D eigenvalue weighted by Crippen LogP contribution is -2.41. The Kier molecular flexibility index (Phi) is 8.80. The van der Waals surface area contributed by atoms with E-state index in [1.165, 1.54) is 0 Å². The maximum Gasteiger partial charge on any atom is 0.242 e. The van der Waals surface area contributed by atoms with Crippen LogP contribution in [-0.4, -0.2) is 49.4 Å². The molecule has 2 N–H and O–H groups in total. The lowest BCUT2D eigenvalue weighted by molar-refractivity contribution is -0.132. The van der Waals surface area contributed by atoms with E-state index in [9.17, 15) is 9.59 Å². The number of carbonyl (C=O) groups is 2. The van der Waals surface area contributed by atoms with Gasteiger partial charge < -0.3 is 15.5 Å². The Balaban J connectivity index is 0.00000256. The van der Waals surface area contributed by atoms with Crippen LogP contribution >= 0.6 is 12.4 Å². The summed E-state index contributed by atoms with van der Waals surface area (Å²) in [7, 11) is 0. The van der Waals surface area contributed by atoms with E-state index in [0.717, 1.165) is 39.0 Å². The summed E-state index contributed by atoms with van der Waals surface area (Å²) >= 11 is 0. The van der Waals surface area contributed by atoms with Gasteiger partial charge in [0.25, 0.3) is 0 Å². The molecule has 0 spiro atoms. The Morgan fingerprint density at radius 1 is 1.29 bits per heavy atom. The smallest absolute Gasteiger partial charge is 0.242 e. The minimum absolute atomic E-state index is 0. The Labute approximate surface area is 109 Å². The second kappa shape index (κ2) is 9.24. The molecule has 100 valence electrons. The molecule has 0 aromatic carbocycles. The minimum Gasteiger partial charge on any atom is -0.347 e. The van der Waals surface area contributed by atoms with Gasteiger partial charge in [0.1, 0.15) is 0 Å². The molecule has 1 fully saturated rings. The van der Waals surface area contributed by atoms with Crippen LogP contribution in [0.25, 0.3) is 0 Å². The standard InChI is InChI=1S/C11H21N3O2.ClH/c1-2-4-10(15)13-9-11(16)14-7-3-5-12-6-8-14;/h12H,2-9H2,1H3,(H,13,15);1H. The molecule has 17 heavy (non-hydrogen) atoms. The number of halogens is 1. The van der Waals surface area contributed by atoms with Crippen LogP contribution in [0.3, 0.4) is 0 Å². The lowest BCUT2D eigenvalue weighted by atomic mass is 10.3. The van der Waals surface area contributed by atoms with Gasteiger partial charge in [0.05, 0.1) is 6.54 Å². The molecule has 1 rings (SSSR count). The van der Waals surface area contributed by atoms with E-state index in [1.807, 2.05) is 11.8 Å². The van der Waals surface area contributed by atoms with E-state index in [4.69, 9.17) is 0 Å². The number of hydrogen-bond acceptors (Lipinski definition) is 3. The second-order valence-electron chi connectivity index (χ2n) is 4.01. The van der Waals surface area contributed by atoms with Gasteiger partial charge in [-0.15, -0.1) is 12.4 Å². The highest BCUT2D eigenvalue weighted by atomic mass is 35.5. The summed E-state index contributed by atoms with van der Waals surface area (Å²) in [6.45, 7) is 5.42. The fraction of sp³-hybridized carbons (Fsp3) is 0.818. The Morgan fingerprint density at radius 3 is 2.76 bits per heavy atom. The van der Waals surface area contributed by atoms with Gasteiger partial charge in [0, 0.05) is 26.1 Å². The third kappa shape index (κ3) is 6.48. The van der Waals surface area contributed by atoms with E-state index >= 15 is 0 Å². The number of nitrogens with zero attached hydrogens (tertiary/aromatic N) is 1. The van der Waals surface area contributed by atoms with Crippen molar-refractivity contribution in [3.8, 4) is 0 Å². The van der Waals surface area contributed by atoms with Crippen LogP contribution in [0.4, 0.5) is 0 Å². The molecule has 6 heteroatoms. The summed E-state index contributed by atoms with van der Waals surface area (Å²) in [5.41, 5.74) is 0. The van der Waals surface area contributed by atoms with Crippen molar-refractivity contribution in [2.75, 3.05) is 32.7 Å². The third-order valence-electron chi connectivity index (χ3n) is 2.61. The lowest BCUT2D eigenvalue weighted by Gasteiger charge is -2.20. The molecule has 1 heterocycles. The molecular weight excluding hydrogens is 242 g/mol. The van der Waals surface area contributed by atoms with Gasteiger partial charge in [-0.1, -0.05) is 6.92 Å². The van der Waals surface area contributed by atoms with Crippen molar-refractivity contribution in [2.24, 2.45) is 0 Å². The van der Waals surface area contributed by atoms with Gasteiger partial charge in [-0.25, -0.2) is 0 Å². The minimum atomic E-state index is -0.0382. The van der Waals surface area contributed by atoms with Crippen molar-refractivity contribution >= 4 is 24.2 Å². The fourth-order valence-electron chi connectivity index (χ4n) is 1.70. The molecule has 0 radical (unpaired) electrons. The van der Waals surface area contributed by atoms with Crippen molar-refractivity contribution < 1.29 is 9.59 Å². The van der Waals surface area contributed by atoms with Crippen LogP contribution in [0.5, 0.6) is 0 Å². The average molecular weight is 264 g/mol. The summed E-state index contributed by atoms with van der Waals surface area (Å²) in [5.74, 6) is -0.0167. The first-order chi connectivity index (χ1) is 7.74. The average Bonchev–Trinajstić information content (AvgIpc) is 2.55. The Morgan fingerprint density at radius 2 is 2.06 bits per heavy atom. The van der Waals surface area contributed by atoms with Gasteiger partial charge in [-0.2, -0.15) is 0 Å². The largest absolute Gasteiger partial charge is 0.347 e. The van der Waals surface area contributed by atoms with Crippen LogP contribution in [0.15, 0.2) is 0 Å². The van der Waals surface area contributed by atoms with Crippen LogP contribution < -0.4 is 10.6 Å². The van der Waals surface area contributed by atoms with Crippen LogP contribution in [0.1, 0.15) is 26.2 Å². The first kappa shape index (κ1) is 16.2. The highest BCUT2D eigenvalue weighted by Gasteiger charge is 2.15. The maximum atomic E-state index is 11.7. The van der Waals surface area contributed by atoms with Crippen LogP contribution in [-0.2, 0) is 9.59 Å². The molecule has 1 aliphatic rings. The van der Waals surface area contributed by atoms with Crippen LogP contribution in [0.2, 0.25) is 0 Å². The predicted molar refractivity (Wildman–Crippen MR) is 69.2 cm³/mol. The number of carbonyl (C=O) groups excluding carboxylic acids is 2. The Hall–Kier alpha value is -0.810. The number of nitrogens with one attached hydrogen (secondary N) is 2. The summed E-state index contributed by atoms with van der Waals surface area (Å²) in [6.07, 6.45) is 2.29. The predicted octanol–water partition coefficient (Wildman–Crippen LogP) is 0.146. The molecule has 0 atom stereocenters. The molecule has 0 aromatic rings. The fourth-order valence-corrected chi connectivity index (χ4v) is 1.70. The monoisotopic (exact) mass is 263 g/mol. The number of hydrogen-bond donors (Lipinski definition) is 2. The van der Waals surface area contributed by atoms with Crippen molar-refractivity contribution in [3.05, 3.63) is 0 Å². The Bertz CT molecular complexity index is 241. The summed E-state index contributed by atoms with van der Waals surface area (Å²) in [5, 5.41) is 5.89. The molecule has 1 saturated heterocycles. The molecule has 2 amide bonds. The molecule has 0 aromatic heterocycles. The topological polar surface area (TPSA) is 61.4 Å². The van der Waals surface area contributed by atoms with Crippen molar-refractivity contribution in [1.82, 2.24) is 15.5 Å². The van der Waals surface area contributed by atoms with Gasteiger partial charge in [0.2, 0.25) is 11.8 Å². The summed E-state index contributed by atoms with van der Waals surface area (Å²) in [6, 6.07) is 0. The molecule has 0 saturated carbocycles. The zero-order valence-electron chi connectivity index (χ0n) is 10.3. The van der Waals surface area contributed by atoms with Gasteiger partial charge in [-0.3, -0.25) is 9.59 Å². The number of amides is 2. The van der Waals surface area contributed by atoms with Gasteiger partial charge >= 0.3 is 0 Å². The van der Waals surface area contributed by atoms with E-state index in [-0.39, 0.29) is 30.8 Å². The summed E-state index contributed by atoms with van der Waals surface area (Å²) < 4.78 is 0. The SMILES string of the molecule is CCCC(=O)NCC(=O)N1CCCNCC1.Cl. The van der Waals surface area contributed by atoms with Gasteiger partial charge in [-0.05, 0) is 19.4 Å². The molecular formula is C11H22ClN3O2. The van der Waals surface area contributed by atoms with Crippen molar-refractivity contribution in [1.29, 1.82) is 0 Å². The first-order valence-electron chi connectivity index (χ1n) is 5.99. The molecule has 0 bridgehead atoms. The van der Waals surface area contributed by atoms with Crippen molar-refractivity contribution in [2.45, 2.75) is 26.2 Å². The van der Waals surface area contributed by atoms with Crippen molar-refractivity contribution in [3.63, 3.8) is 0 Å². The molecule has 1 aliphatic heterocycles. The van der Waals surface area contributed by atoms with Crippen LogP contribution in [0, 0.1) is 0 Å². The molecule has 0 aliphatic carbocycles. The maximum absolute atomic E-state index is 11.7. The zero-order chi connectivity index (χ0) is 11.8. The number of rotatable bonds is 4. The first-order valence-corrected chi connectivity index (χ1v) is 5.99. The third-order valence-corrected chi connectivity index (χ3v) is 2.61. The second-order valence-corrected chi connectivity index (χ2v) is 4.01. The molecule has 0 unspecified atom stereocenters.